The fourth-order valence-electron chi connectivity index (χ4n) is 2.09. The molecule has 0 saturated heterocycles. The third kappa shape index (κ3) is 4.14. The Kier molecular flexibility index (Phi) is 4.46. The lowest BCUT2D eigenvalue weighted by Crippen LogP contribution is -2.09. The molecule has 0 saturated carbocycles. The lowest BCUT2D eigenvalue weighted by molar-refractivity contribution is -0.141. The number of aromatic amines is 1. The standard InChI is InChI=1S/C15H15F3N2S/c1-9(2)6-10-4-3-5-11(7-10)12-8-13(15(16,17)18)20-14(21)19-12/h3-5,7-9H,6H2,1-2H3,(H,19,20,21). The van der Waals surface area contributed by atoms with E-state index in [4.69, 9.17) is 12.2 Å². The van der Waals surface area contributed by atoms with Gasteiger partial charge in [0.2, 0.25) is 0 Å². The Morgan fingerprint density at radius 3 is 2.57 bits per heavy atom. The van der Waals surface area contributed by atoms with Crippen molar-refractivity contribution in [2.75, 3.05) is 0 Å². The second-order valence-corrected chi connectivity index (χ2v) is 5.67. The van der Waals surface area contributed by atoms with Gasteiger partial charge in [0.05, 0.1) is 5.69 Å². The predicted molar refractivity (Wildman–Crippen MR) is 78.4 cm³/mol. The average Bonchev–Trinajstić information content (AvgIpc) is 2.36. The van der Waals surface area contributed by atoms with Crippen LogP contribution in [0.3, 0.4) is 0 Å². The third-order valence-electron chi connectivity index (χ3n) is 2.92. The molecule has 1 N–H and O–H groups in total. The summed E-state index contributed by atoms with van der Waals surface area (Å²) in [5, 5.41) is 0. The highest BCUT2D eigenvalue weighted by Gasteiger charge is 2.32. The minimum absolute atomic E-state index is 0.172. The van der Waals surface area contributed by atoms with Crippen molar-refractivity contribution in [3.63, 3.8) is 0 Å². The maximum absolute atomic E-state index is 12.8. The smallest absolute Gasteiger partial charge is 0.327 e. The molecule has 112 valence electrons. The van der Waals surface area contributed by atoms with Crippen LogP contribution >= 0.6 is 12.2 Å². The summed E-state index contributed by atoms with van der Waals surface area (Å²) in [6.07, 6.45) is -3.61. The van der Waals surface area contributed by atoms with Gasteiger partial charge < -0.3 is 4.98 Å². The van der Waals surface area contributed by atoms with Crippen molar-refractivity contribution in [3.8, 4) is 11.3 Å². The lowest BCUT2D eigenvalue weighted by Gasteiger charge is -2.10. The summed E-state index contributed by atoms with van der Waals surface area (Å²) in [6.45, 7) is 4.18. The highest BCUT2D eigenvalue weighted by molar-refractivity contribution is 7.71. The molecule has 0 aliphatic rings. The predicted octanol–water partition coefficient (Wildman–Crippen LogP) is 5.02. The zero-order chi connectivity index (χ0) is 15.6. The van der Waals surface area contributed by atoms with Gasteiger partial charge in [-0.15, -0.1) is 0 Å². The van der Waals surface area contributed by atoms with Gasteiger partial charge in [0.25, 0.3) is 0 Å². The monoisotopic (exact) mass is 312 g/mol. The zero-order valence-electron chi connectivity index (χ0n) is 11.7. The van der Waals surface area contributed by atoms with E-state index in [1.165, 1.54) is 0 Å². The Bertz CT molecular complexity index is 690. The van der Waals surface area contributed by atoms with Crippen molar-refractivity contribution in [2.45, 2.75) is 26.4 Å². The summed E-state index contributed by atoms with van der Waals surface area (Å²) >= 11 is 4.79. The fourth-order valence-corrected chi connectivity index (χ4v) is 2.30. The van der Waals surface area contributed by atoms with E-state index in [-0.39, 0.29) is 10.5 Å². The Hall–Kier alpha value is -1.69. The number of hydrogen-bond donors (Lipinski definition) is 1. The van der Waals surface area contributed by atoms with Crippen LogP contribution in [-0.4, -0.2) is 9.97 Å². The van der Waals surface area contributed by atoms with Crippen molar-refractivity contribution in [1.82, 2.24) is 9.97 Å². The molecular weight excluding hydrogens is 297 g/mol. The molecule has 1 aromatic carbocycles. The molecule has 2 nitrogen and oxygen atoms in total. The molecule has 2 aromatic rings. The fraction of sp³-hybridized carbons (Fsp3) is 0.333. The molecule has 0 unspecified atom stereocenters. The van der Waals surface area contributed by atoms with Gasteiger partial charge in [-0.05, 0) is 42.3 Å². The number of H-pyrrole nitrogens is 1. The molecular formula is C15H15F3N2S. The van der Waals surface area contributed by atoms with Gasteiger partial charge in [-0.1, -0.05) is 32.0 Å². The Morgan fingerprint density at radius 2 is 1.95 bits per heavy atom. The highest BCUT2D eigenvalue weighted by atomic mass is 32.1. The van der Waals surface area contributed by atoms with Gasteiger partial charge in [0.1, 0.15) is 5.69 Å². The molecule has 21 heavy (non-hydrogen) atoms. The summed E-state index contributed by atoms with van der Waals surface area (Å²) in [7, 11) is 0. The summed E-state index contributed by atoms with van der Waals surface area (Å²) < 4.78 is 38.3. The first kappa shape index (κ1) is 15.7. The summed E-state index contributed by atoms with van der Waals surface area (Å²) in [5.74, 6) is 0.470. The first-order valence-electron chi connectivity index (χ1n) is 6.53. The number of halogens is 3. The van der Waals surface area contributed by atoms with E-state index in [2.05, 4.69) is 23.8 Å². The Labute approximate surface area is 126 Å². The Morgan fingerprint density at radius 1 is 1.24 bits per heavy atom. The van der Waals surface area contributed by atoms with E-state index < -0.39 is 11.9 Å². The van der Waals surface area contributed by atoms with Gasteiger partial charge in [-0.3, -0.25) is 0 Å². The molecule has 0 aliphatic carbocycles. The van der Waals surface area contributed by atoms with Crippen LogP contribution in [0.5, 0.6) is 0 Å². The SMILES string of the molecule is CC(C)Cc1cccc(-c2cc(C(F)(F)F)[nH]c(=S)n2)c1. The average molecular weight is 312 g/mol. The Balaban J connectivity index is 2.47. The summed E-state index contributed by atoms with van der Waals surface area (Å²) in [5.41, 5.74) is 1.05. The van der Waals surface area contributed by atoms with E-state index in [0.29, 0.717) is 11.5 Å². The molecule has 6 heteroatoms. The van der Waals surface area contributed by atoms with Crippen LogP contribution in [0.2, 0.25) is 0 Å². The summed E-state index contributed by atoms with van der Waals surface area (Å²) in [6, 6.07) is 8.36. The number of rotatable bonds is 3. The van der Waals surface area contributed by atoms with Crippen molar-refractivity contribution < 1.29 is 13.2 Å². The first-order valence-corrected chi connectivity index (χ1v) is 6.94. The normalized spacial score (nSPS) is 11.9. The van der Waals surface area contributed by atoms with Gasteiger partial charge in [-0.25, -0.2) is 4.98 Å². The van der Waals surface area contributed by atoms with Crippen molar-refractivity contribution >= 4 is 12.2 Å². The molecule has 0 radical (unpaired) electrons. The van der Waals surface area contributed by atoms with Crippen LogP contribution in [0.1, 0.15) is 25.1 Å². The maximum atomic E-state index is 12.8. The first-order chi connectivity index (χ1) is 9.75. The van der Waals surface area contributed by atoms with Gasteiger partial charge >= 0.3 is 6.18 Å². The van der Waals surface area contributed by atoms with Crippen molar-refractivity contribution in [1.29, 1.82) is 0 Å². The quantitative estimate of drug-likeness (QED) is 0.806. The molecule has 0 spiro atoms. The van der Waals surface area contributed by atoms with Crippen LogP contribution in [0.4, 0.5) is 13.2 Å². The molecule has 1 aromatic heterocycles. The van der Waals surface area contributed by atoms with E-state index in [1.807, 2.05) is 18.2 Å². The number of nitrogens with zero attached hydrogens (tertiary/aromatic N) is 1. The van der Waals surface area contributed by atoms with Crippen LogP contribution in [0.15, 0.2) is 30.3 Å². The van der Waals surface area contributed by atoms with Crippen molar-refractivity contribution in [3.05, 3.63) is 46.4 Å². The number of alkyl halides is 3. The molecule has 1 heterocycles. The van der Waals surface area contributed by atoms with E-state index in [0.717, 1.165) is 18.1 Å². The highest BCUT2D eigenvalue weighted by Crippen LogP contribution is 2.30. The minimum Gasteiger partial charge on any atom is -0.327 e. The van der Waals surface area contributed by atoms with E-state index in [9.17, 15) is 13.2 Å². The van der Waals surface area contributed by atoms with Crippen LogP contribution in [-0.2, 0) is 12.6 Å². The summed E-state index contributed by atoms with van der Waals surface area (Å²) in [4.78, 5) is 6.08. The van der Waals surface area contributed by atoms with Gasteiger partial charge in [-0.2, -0.15) is 13.2 Å². The van der Waals surface area contributed by atoms with Gasteiger partial charge in [0, 0.05) is 5.56 Å². The van der Waals surface area contributed by atoms with Gasteiger partial charge in [0.15, 0.2) is 4.77 Å². The second kappa shape index (κ2) is 5.97. The van der Waals surface area contributed by atoms with Crippen LogP contribution in [0.25, 0.3) is 11.3 Å². The maximum Gasteiger partial charge on any atom is 0.431 e. The minimum atomic E-state index is -4.47. The largest absolute Gasteiger partial charge is 0.431 e. The number of nitrogens with one attached hydrogen (secondary N) is 1. The lowest BCUT2D eigenvalue weighted by atomic mass is 10.00. The third-order valence-corrected chi connectivity index (χ3v) is 3.11. The molecule has 0 aliphatic heterocycles. The van der Waals surface area contributed by atoms with Crippen LogP contribution < -0.4 is 0 Å². The number of hydrogen-bond acceptors (Lipinski definition) is 2. The molecule has 0 bridgehead atoms. The topological polar surface area (TPSA) is 28.7 Å². The van der Waals surface area contributed by atoms with Crippen LogP contribution in [0, 0.1) is 10.7 Å². The van der Waals surface area contributed by atoms with E-state index in [1.54, 1.807) is 6.07 Å². The molecule has 0 atom stereocenters. The molecule has 2 rings (SSSR count). The second-order valence-electron chi connectivity index (χ2n) is 5.28. The molecule has 0 amide bonds. The molecule has 0 fully saturated rings. The zero-order valence-corrected chi connectivity index (χ0v) is 12.5. The number of benzene rings is 1. The van der Waals surface area contributed by atoms with E-state index >= 15 is 0 Å². The van der Waals surface area contributed by atoms with Crippen molar-refractivity contribution in [2.24, 2.45) is 5.92 Å². The number of aromatic nitrogens is 2.